The van der Waals surface area contributed by atoms with Crippen LogP contribution < -0.4 is 5.32 Å². The molecule has 6 nitrogen and oxygen atoms in total. The predicted octanol–water partition coefficient (Wildman–Crippen LogP) is 4.05. The van der Waals surface area contributed by atoms with Gasteiger partial charge in [-0.05, 0) is 36.2 Å². The molecule has 1 N–H and O–H groups in total. The Kier molecular flexibility index (Phi) is 6.20. The van der Waals surface area contributed by atoms with Crippen molar-refractivity contribution in [1.82, 2.24) is 25.1 Å². The molecule has 0 radical (unpaired) electrons. The standard InChI is InChI=1S/C23H21N5OS/c1-17-8-5-6-12-20(17)28-22(19-11-7-13-24-15-19)26-27-23(28)30-16-21(29)25-14-18-9-3-2-4-10-18/h2-13,15H,14,16H2,1H3,(H,25,29). The molecule has 4 aromatic rings. The van der Waals surface area contributed by atoms with Gasteiger partial charge < -0.3 is 5.32 Å². The highest BCUT2D eigenvalue weighted by atomic mass is 32.2. The number of aryl methyl sites for hydroxylation is 1. The van der Waals surface area contributed by atoms with Gasteiger partial charge in [-0.1, -0.05) is 60.3 Å². The Morgan fingerprint density at radius 3 is 2.57 bits per heavy atom. The van der Waals surface area contributed by atoms with Gasteiger partial charge in [-0.3, -0.25) is 14.3 Å². The number of nitrogens with one attached hydrogen (secondary N) is 1. The van der Waals surface area contributed by atoms with E-state index in [1.54, 1.807) is 12.4 Å². The summed E-state index contributed by atoms with van der Waals surface area (Å²) < 4.78 is 1.99. The van der Waals surface area contributed by atoms with Crippen molar-refractivity contribution in [2.75, 3.05) is 5.75 Å². The van der Waals surface area contributed by atoms with Crippen LogP contribution in [0.25, 0.3) is 17.1 Å². The zero-order valence-electron chi connectivity index (χ0n) is 16.5. The first-order valence-corrected chi connectivity index (χ1v) is 10.6. The summed E-state index contributed by atoms with van der Waals surface area (Å²) in [5.74, 6) is 0.903. The largest absolute Gasteiger partial charge is 0.351 e. The van der Waals surface area contributed by atoms with Gasteiger partial charge in [-0.2, -0.15) is 0 Å². The number of aromatic nitrogens is 4. The summed E-state index contributed by atoms with van der Waals surface area (Å²) in [6.45, 7) is 2.55. The van der Waals surface area contributed by atoms with Crippen molar-refractivity contribution in [3.05, 3.63) is 90.3 Å². The third kappa shape index (κ3) is 4.58. The molecule has 0 saturated carbocycles. The fourth-order valence-electron chi connectivity index (χ4n) is 3.05. The lowest BCUT2D eigenvalue weighted by molar-refractivity contribution is -0.118. The molecule has 2 heterocycles. The summed E-state index contributed by atoms with van der Waals surface area (Å²) >= 11 is 1.37. The van der Waals surface area contributed by atoms with Crippen molar-refractivity contribution < 1.29 is 4.79 Å². The minimum atomic E-state index is -0.0499. The smallest absolute Gasteiger partial charge is 0.230 e. The number of pyridine rings is 1. The van der Waals surface area contributed by atoms with Crippen LogP contribution in [0.2, 0.25) is 0 Å². The summed E-state index contributed by atoms with van der Waals surface area (Å²) in [4.78, 5) is 16.6. The van der Waals surface area contributed by atoms with E-state index in [1.807, 2.05) is 78.2 Å². The zero-order valence-corrected chi connectivity index (χ0v) is 17.3. The second-order valence-corrected chi connectivity index (χ2v) is 7.66. The van der Waals surface area contributed by atoms with Gasteiger partial charge >= 0.3 is 0 Å². The topological polar surface area (TPSA) is 72.7 Å². The fourth-order valence-corrected chi connectivity index (χ4v) is 3.83. The number of benzene rings is 2. The molecule has 0 saturated heterocycles. The highest BCUT2D eigenvalue weighted by molar-refractivity contribution is 7.99. The Hall–Kier alpha value is -3.45. The number of nitrogens with zero attached hydrogens (tertiary/aromatic N) is 4. The van der Waals surface area contributed by atoms with Crippen molar-refractivity contribution in [3.8, 4) is 17.1 Å². The van der Waals surface area contributed by atoms with E-state index in [1.165, 1.54) is 11.8 Å². The lowest BCUT2D eigenvalue weighted by Crippen LogP contribution is -2.24. The van der Waals surface area contributed by atoms with Gasteiger partial charge in [0.15, 0.2) is 11.0 Å². The molecule has 0 aliphatic heterocycles. The first-order chi connectivity index (χ1) is 14.7. The maximum atomic E-state index is 12.4. The molecule has 1 amide bonds. The average Bonchev–Trinajstić information content (AvgIpc) is 3.21. The van der Waals surface area contributed by atoms with E-state index < -0.39 is 0 Å². The minimum Gasteiger partial charge on any atom is -0.351 e. The summed E-state index contributed by atoms with van der Waals surface area (Å²) in [5, 5.41) is 12.4. The third-order valence-corrected chi connectivity index (χ3v) is 5.50. The van der Waals surface area contributed by atoms with Crippen LogP contribution in [0.15, 0.2) is 84.3 Å². The highest BCUT2D eigenvalue weighted by Gasteiger charge is 2.18. The summed E-state index contributed by atoms with van der Waals surface area (Å²) in [5.41, 5.74) is 4.01. The van der Waals surface area contributed by atoms with Crippen LogP contribution >= 0.6 is 11.8 Å². The monoisotopic (exact) mass is 415 g/mol. The van der Waals surface area contributed by atoms with E-state index in [9.17, 15) is 4.79 Å². The van der Waals surface area contributed by atoms with E-state index in [0.29, 0.717) is 17.5 Å². The Morgan fingerprint density at radius 2 is 1.80 bits per heavy atom. The second-order valence-electron chi connectivity index (χ2n) is 6.72. The molecule has 0 spiro atoms. The molecule has 30 heavy (non-hydrogen) atoms. The van der Waals surface area contributed by atoms with Gasteiger partial charge in [0.2, 0.25) is 5.91 Å². The van der Waals surface area contributed by atoms with E-state index in [-0.39, 0.29) is 11.7 Å². The number of hydrogen-bond acceptors (Lipinski definition) is 5. The third-order valence-electron chi connectivity index (χ3n) is 4.57. The molecule has 4 rings (SSSR count). The van der Waals surface area contributed by atoms with Crippen molar-refractivity contribution in [1.29, 1.82) is 0 Å². The number of para-hydroxylation sites is 1. The average molecular weight is 416 g/mol. The highest BCUT2D eigenvalue weighted by Crippen LogP contribution is 2.29. The summed E-state index contributed by atoms with van der Waals surface area (Å²) in [6, 6.07) is 21.7. The summed E-state index contributed by atoms with van der Waals surface area (Å²) in [7, 11) is 0. The molecule has 7 heteroatoms. The number of rotatable bonds is 7. The molecule has 0 unspecified atom stereocenters. The lowest BCUT2D eigenvalue weighted by Gasteiger charge is -2.12. The van der Waals surface area contributed by atoms with Gasteiger partial charge in [0.1, 0.15) is 0 Å². The van der Waals surface area contributed by atoms with Crippen LogP contribution in [0, 0.1) is 6.92 Å². The van der Waals surface area contributed by atoms with Gasteiger partial charge in [0, 0.05) is 24.5 Å². The molecule has 0 atom stereocenters. The second kappa shape index (κ2) is 9.37. The molecular weight excluding hydrogens is 394 g/mol. The lowest BCUT2D eigenvalue weighted by atomic mass is 10.2. The van der Waals surface area contributed by atoms with Gasteiger partial charge in [0.05, 0.1) is 11.4 Å². The Labute approximate surface area is 179 Å². The number of amides is 1. The maximum Gasteiger partial charge on any atom is 0.230 e. The Balaban J connectivity index is 1.55. The van der Waals surface area contributed by atoms with E-state index in [2.05, 4.69) is 20.5 Å². The fraction of sp³-hybridized carbons (Fsp3) is 0.130. The van der Waals surface area contributed by atoms with Gasteiger partial charge in [-0.25, -0.2) is 0 Å². The first kappa shape index (κ1) is 19.8. The molecule has 2 aromatic heterocycles. The van der Waals surface area contributed by atoms with E-state index in [0.717, 1.165) is 22.4 Å². The molecule has 150 valence electrons. The quantitative estimate of drug-likeness (QED) is 0.461. The zero-order chi connectivity index (χ0) is 20.8. The van der Waals surface area contributed by atoms with Gasteiger partial charge in [0.25, 0.3) is 0 Å². The Morgan fingerprint density at radius 1 is 1.00 bits per heavy atom. The van der Waals surface area contributed by atoms with Crippen molar-refractivity contribution in [3.63, 3.8) is 0 Å². The van der Waals surface area contributed by atoms with Crippen molar-refractivity contribution in [2.45, 2.75) is 18.6 Å². The Bertz CT molecular complexity index is 1130. The number of thioether (sulfide) groups is 1. The van der Waals surface area contributed by atoms with Crippen LogP contribution in [-0.2, 0) is 11.3 Å². The van der Waals surface area contributed by atoms with E-state index >= 15 is 0 Å². The number of carbonyl (C=O) groups is 1. The molecule has 0 aliphatic rings. The van der Waals surface area contributed by atoms with Crippen molar-refractivity contribution >= 4 is 17.7 Å². The van der Waals surface area contributed by atoms with E-state index in [4.69, 9.17) is 0 Å². The van der Waals surface area contributed by atoms with Crippen LogP contribution in [0.5, 0.6) is 0 Å². The van der Waals surface area contributed by atoms with Crippen LogP contribution in [0.4, 0.5) is 0 Å². The number of hydrogen-bond donors (Lipinski definition) is 1. The minimum absolute atomic E-state index is 0.0499. The van der Waals surface area contributed by atoms with Crippen molar-refractivity contribution in [2.24, 2.45) is 0 Å². The van der Waals surface area contributed by atoms with Gasteiger partial charge in [-0.15, -0.1) is 10.2 Å². The SMILES string of the molecule is Cc1ccccc1-n1c(SCC(=O)NCc2ccccc2)nnc1-c1cccnc1. The molecule has 0 fully saturated rings. The van der Waals surface area contributed by atoms with Crippen LogP contribution in [0.1, 0.15) is 11.1 Å². The number of carbonyl (C=O) groups excluding carboxylic acids is 1. The summed E-state index contributed by atoms with van der Waals surface area (Å²) in [6.07, 6.45) is 3.49. The van der Waals surface area contributed by atoms with Crippen LogP contribution in [0.3, 0.4) is 0 Å². The normalized spacial score (nSPS) is 10.7. The first-order valence-electron chi connectivity index (χ1n) is 9.57. The molecule has 0 aliphatic carbocycles. The predicted molar refractivity (Wildman–Crippen MR) is 118 cm³/mol. The maximum absolute atomic E-state index is 12.4. The molecule has 2 aromatic carbocycles. The molecule has 0 bridgehead atoms. The molecular formula is C23H21N5OS. The van der Waals surface area contributed by atoms with Crippen LogP contribution in [-0.4, -0.2) is 31.4 Å².